The molecule has 252 valence electrons. The van der Waals surface area contributed by atoms with Crippen molar-refractivity contribution in [2.45, 2.75) is 83.2 Å². The molecule has 47 heavy (non-hydrogen) atoms. The van der Waals surface area contributed by atoms with Crippen molar-refractivity contribution in [1.29, 1.82) is 0 Å². The molecule has 4 rings (SSSR count). The van der Waals surface area contributed by atoms with Gasteiger partial charge in [-0.25, -0.2) is 8.78 Å². The lowest BCUT2D eigenvalue weighted by molar-refractivity contribution is -0.130. The van der Waals surface area contributed by atoms with Gasteiger partial charge in [-0.1, -0.05) is 24.7 Å². The van der Waals surface area contributed by atoms with Crippen molar-refractivity contribution in [3.63, 3.8) is 0 Å². The number of ether oxygens (including phenoxy) is 2. The standard InChI is InChI=1S/C34H43F2N6O4P/c1-8-10-24-17-25(13-14-42(24)30(43)9-2)45-29-18-28(44-21(4)20(3)15-23(36)19-37-7)38-31(39-29)32-40-33(46-41-32)34(5,6)26-16-22(35)11-12-27(26)47/h1,9,11-12,16,18,20-21,23-25,37H,2,10,13-15,17,19,47H2,3-7H3/t20-,21-,23+,24+,25-/m0/s1. The third-order valence-electron chi connectivity index (χ3n) is 8.46. The minimum atomic E-state index is -1.03. The van der Waals surface area contributed by atoms with Crippen LogP contribution in [-0.4, -0.2) is 75.5 Å². The molecule has 3 aromatic rings. The Balaban J connectivity index is 1.65. The summed E-state index contributed by atoms with van der Waals surface area (Å²) in [6.45, 7) is 11.8. The van der Waals surface area contributed by atoms with Gasteiger partial charge in [-0.3, -0.25) is 4.79 Å². The summed E-state index contributed by atoms with van der Waals surface area (Å²) in [5.41, 5.74) is -0.184. The highest BCUT2D eigenvalue weighted by Crippen LogP contribution is 2.33. The number of carbonyl (C=O) groups is 1. The molecular formula is C34H43F2N6O4P. The smallest absolute Gasteiger partial charge is 0.246 e. The Hall–Kier alpha value is -3.94. The van der Waals surface area contributed by atoms with Crippen molar-refractivity contribution in [2.75, 3.05) is 20.1 Å². The number of terminal acetylenes is 1. The van der Waals surface area contributed by atoms with E-state index >= 15 is 0 Å². The molecule has 0 spiro atoms. The van der Waals surface area contributed by atoms with Crippen molar-refractivity contribution in [3.8, 4) is 35.8 Å². The lowest BCUT2D eigenvalue weighted by atomic mass is 9.84. The molecule has 1 aliphatic rings. The summed E-state index contributed by atoms with van der Waals surface area (Å²) in [5, 5.41) is 7.79. The van der Waals surface area contributed by atoms with Crippen LogP contribution in [0, 0.1) is 24.1 Å². The van der Waals surface area contributed by atoms with Gasteiger partial charge in [-0.15, -0.1) is 21.6 Å². The van der Waals surface area contributed by atoms with Gasteiger partial charge in [0, 0.05) is 38.4 Å². The highest BCUT2D eigenvalue weighted by Gasteiger charge is 2.34. The van der Waals surface area contributed by atoms with Crippen molar-refractivity contribution < 1.29 is 27.6 Å². The molecule has 3 heterocycles. The van der Waals surface area contributed by atoms with Gasteiger partial charge in [0.05, 0.1) is 11.5 Å². The number of benzene rings is 1. The second-order valence-corrected chi connectivity index (χ2v) is 13.0. The maximum absolute atomic E-state index is 14.4. The van der Waals surface area contributed by atoms with Crippen LogP contribution in [0.25, 0.3) is 11.6 Å². The Morgan fingerprint density at radius 3 is 2.72 bits per heavy atom. The second kappa shape index (κ2) is 15.8. The zero-order valence-corrected chi connectivity index (χ0v) is 28.7. The molecule has 1 saturated heterocycles. The highest BCUT2D eigenvalue weighted by molar-refractivity contribution is 7.27. The van der Waals surface area contributed by atoms with Gasteiger partial charge in [-0.05, 0) is 69.2 Å². The number of amides is 1. The molecule has 0 aliphatic carbocycles. The van der Waals surface area contributed by atoms with Crippen LogP contribution < -0.4 is 20.1 Å². The summed E-state index contributed by atoms with van der Waals surface area (Å²) in [6.07, 6.45) is 6.84. The van der Waals surface area contributed by atoms with E-state index in [2.05, 4.69) is 47.2 Å². The number of likely N-dealkylation sites (tertiary alicyclic amines) is 1. The van der Waals surface area contributed by atoms with Crippen LogP contribution in [0.2, 0.25) is 0 Å². The largest absolute Gasteiger partial charge is 0.474 e. The Morgan fingerprint density at radius 1 is 1.28 bits per heavy atom. The van der Waals surface area contributed by atoms with E-state index < -0.39 is 17.7 Å². The average molecular weight is 669 g/mol. The summed E-state index contributed by atoms with van der Waals surface area (Å²) in [4.78, 5) is 27.9. The van der Waals surface area contributed by atoms with Crippen LogP contribution in [0.4, 0.5) is 8.78 Å². The van der Waals surface area contributed by atoms with E-state index in [1.807, 2.05) is 27.7 Å². The summed E-state index contributed by atoms with van der Waals surface area (Å²) >= 11 is 0. The van der Waals surface area contributed by atoms with Crippen molar-refractivity contribution >= 4 is 20.5 Å². The normalized spacial score (nSPS) is 18.6. The van der Waals surface area contributed by atoms with Gasteiger partial charge in [0.1, 0.15) is 24.2 Å². The maximum Gasteiger partial charge on any atom is 0.246 e. The molecule has 0 saturated carbocycles. The molecule has 1 fully saturated rings. The molecule has 1 aromatic carbocycles. The van der Waals surface area contributed by atoms with Gasteiger partial charge >= 0.3 is 0 Å². The van der Waals surface area contributed by atoms with E-state index in [4.69, 9.17) is 20.4 Å². The summed E-state index contributed by atoms with van der Waals surface area (Å²) in [7, 11) is 4.31. The van der Waals surface area contributed by atoms with E-state index in [0.29, 0.717) is 37.8 Å². The number of rotatable bonds is 14. The molecule has 1 amide bonds. The lowest BCUT2D eigenvalue weighted by Gasteiger charge is -2.38. The van der Waals surface area contributed by atoms with Gasteiger partial charge < -0.3 is 24.2 Å². The number of halogens is 2. The molecule has 13 heteroatoms. The van der Waals surface area contributed by atoms with Gasteiger partial charge in [0.25, 0.3) is 0 Å². The molecule has 0 radical (unpaired) electrons. The lowest BCUT2D eigenvalue weighted by Crippen LogP contribution is -2.48. The maximum atomic E-state index is 14.4. The number of alkyl halides is 1. The number of piperidine rings is 1. The number of carbonyl (C=O) groups excluding carboxylic acids is 1. The molecule has 1 aliphatic heterocycles. The SMILES string of the molecule is C#CC[C@@H]1C[C@@H](Oc2cc(O[C@@H](C)[C@@H](C)C[C@@H](F)CNC)nc(-c3noc(C(C)(C)c4cc(F)ccc4P)n3)n2)CCN1C(=O)C=C. The van der Waals surface area contributed by atoms with Crippen LogP contribution in [0.3, 0.4) is 0 Å². The van der Waals surface area contributed by atoms with E-state index in [1.54, 1.807) is 24.1 Å². The number of aromatic nitrogens is 4. The zero-order valence-electron chi connectivity index (χ0n) is 27.5. The van der Waals surface area contributed by atoms with Crippen LogP contribution in [0.5, 0.6) is 11.8 Å². The Kier molecular flexibility index (Phi) is 12.0. The summed E-state index contributed by atoms with van der Waals surface area (Å²) in [6, 6.07) is 5.84. The number of nitrogens with one attached hydrogen (secondary N) is 1. The number of hydrogen-bond acceptors (Lipinski definition) is 9. The van der Waals surface area contributed by atoms with Crippen LogP contribution in [-0.2, 0) is 10.2 Å². The first-order chi connectivity index (χ1) is 22.4. The first-order valence-corrected chi connectivity index (χ1v) is 16.2. The Bertz CT molecular complexity index is 1590. The quantitative estimate of drug-likeness (QED) is 0.147. The molecule has 10 nitrogen and oxygen atoms in total. The topological polar surface area (TPSA) is 116 Å². The predicted octanol–water partition coefficient (Wildman–Crippen LogP) is 4.79. The number of nitrogens with zero attached hydrogens (tertiary/aromatic N) is 5. The van der Waals surface area contributed by atoms with E-state index in [-0.39, 0.29) is 65.6 Å². The third-order valence-corrected chi connectivity index (χ3v) is 8.96. The van der Waals surface area contributed by atoms with Gasteiger partial charge in [0.15, 0.2) is 0 Å². The van der Waals surface area contributed by atoms with Crippen molar-refractivity contribution in [3.05, 3.63) is 54.2 Å². The van der Waals surface area contributed by atoms with Crippen molar-refractivity contribution in [1.82, 2.24) is 30.3 Å². The summed E-state index contributed by atoms with van der Waals surface area (Å²) < 4.78 is 46.8. The highest BCUT2D eigenvalue weighted by atomic mass is 31.0. The van der Waals surface area contributed by atoms with Crippen LogP contribution in [0.1, 0.15) is 64.8 Å². The monoisotopic (exact) mass is 668 g/mol. The second-order valence-electron chi connectivity index (χ2n) is 12.4. The minimum absolute atomic E-state index is 0.0836. The molecule has 1 N–H and O–H groups in total. The van der Waals surface area contributed by atoms with Gasteiger partial charge in [0.2, 0.25) is 35.2 Å². The summed E-state index contributed by atoms with van der Waals surface area (Å²) in [5.74, 6) is 2.75. The van der Waals surface area contributed by atoms with Gasteiger partial charge in [-0.2, -0.15) is 15.0 Å². The molecular weight excluding hydrogens is 625 g/mol. The van der Waals surface area contributed by atoms with Crippen molar-refractivity contribution in [2.24, 2.45) is 5.92 Å². The number of hydrogen-bond donors (Lipinski definition) is 1. The predicted molar refractivity (Wildman–Crippen MR) is 179 cm³/mol. The van der Waals surface area contributed by atoms with E-state index in [0.717, 1.165) is 5.30 Å². The fraction of sp³-hybridized carbons (Fsp3) is 0.500. The first-order valence-electron chi connectivity index (χ1n) is 15.6. The molecule has 6 atom stereocenters. The Labute approximate surface area is 277 Å². The first kappa shape index (κ1) is 35.9. The molecule has 2 aromatic heterocycles. The van der Waals surface area contributed by atoms with Crippen LogP contribution >= 0.6 is 9.24 Å². The Morgan fingerprint density at radius 2 is 2.02 bits per heavy atom. The zero-order chi connectivity index (χ0) is 34.3. The van der Waals surface area contributed by atoms with E-state index in [1.165, 1.54) is 18.2 Å². The van der Waals surface area contributed by atoms with E-state index in [9.17, 15) is 13.6 Å². The average Bonchev–Trinajstić information content (AvgIpc) is 3.54. The molecule has 1 unspecified atom stereocenters. The molecule has 0 bridgehead atoms. The minimum Gasteiger partial charge on any atom is -0.474 e. The fourth-order valence-corrected chi connectivity index (χ4v) is 6.15. The third kappa shape index (κ3) is 8.91. The fourth-order valence-electron chi connectivity index (χ4n) is 5.61. The van der Waals surface area contributed by atoms with Crippen LogP contribution in [0.15, 0.2) is 41.4 Å².